The van der Waals surface area contributed by atoms with E-state index in [2.05, 4.69) is 15.1 Å². The second-order valence-electron chi connectivity index (χ2n) is 7.32. The molecule has 1 saturated heterocycles. The van der Waals surface area contributed by atoms with E-state index in [-0.39, 0.29) is 16.8 Å². The van der Waals surface area contributed by atoms with Crippen molar-refractivity contribution in [1.29, 1.82) is 0 Å². The smallest absolute Gasteiger partial charge is 0.238 e. The molecular weight excluding hydrogens is 388 g/mol. The number of hydrogen-bond donors (Lipinski definition) is 2. The Morgan fingerprint density at radius 1 is 1.03 bits per heavy atom. The summed E-state index contributed by atoms with van der Waals surface area (Å²) in [6, 6.07) is 16.6. The van der Waals surface area contributed by atoms with Gasteiger partial charge in [-0.05, 0) is 36.8 Å². The van der Waals surface area contributed by atoms with Crippen LogP contribution in [0, 0.1) is 0 Å². The van der Waals surface area contributed by atoms with Crippen LogP contribution >= 0.6 is 0 Å². The van der Waals surface area contributed by atoms with E-state index >= 15 is 0 Å². The maximum Gasteiger partial charge on any atom is 0.238 e. The van der Waals surface area contributed by atoms with Crippen LogP contribution in [0.3, 0.4) is 0 Å². The quantitative estimate of drug-likeness (QED) is 0.717. The second kappa shape index (κ2) is 9.39. The van der Waals surface area contributed by atoms with Crippen LogP contribution in [0.25, 0.3) is 0 Å². The predicted octanol–water partition coefficient (Wildman–Crippen LogP) is 1.72. The normalized spacial score (nSPS) is 16.4. The van der Waals surface area contributed by atoms with Crippen LogP contribution in [0.1, 0.15) is 24.9 Å². The molecule has 0 spiro atoms. The van der Waals surface area contributed by atoms with E-state index in [1.807, 2.05) is 37.3 Å². The van der Waals surface area contributed by atoms with Crippen LogP contribution in [-0.4, -0.2) is 51.9 Å². The minimum absolute atomic E-state index is 0.000791. The zero-order valence-corrected chi connectivity index (χ0v) is 17.4. The highest BCUT2D eigenvalue weighted by Crippen LogP contribution is 2.19. The van der Waals surface area contributed by atoms with Crippen molar-refractivity contribution >= 4 is 21.6 Å². The van der Waals surface area contributed by atoms with Gasteiger partial charge in [-0.25, -0.2) is 13.6 Å². The third kappa shape index (κ3) is 6.03. The summed E-state index contributed by atoms with van der Waals surface area (Å²) < 4.78 is 22.7. The number of nitrogens with zero attached hydrogens (tertiary/aromatic N) is 2. The Morgan fingerprint density at radius 2 is 1.66 bits per heavy atom. The van der Waals surface area contributed by atoms with Crippen molar-refractivity contribution in [3.05, 3.63) is 60.2 Å². The van der Waals surface area contributed by atoms with E-state index in [0.29, 0.717) is 6.42 Å². The number of nitrogens with one attached hydrogen (secondary N) is 1. The van der Waals surface area contributed by atoms with Gasteiger partial charge in [-0.3, -0.25) is 9.69 Å². The molecule has 3 N–H and O–H groups in total. The Hall–Kier alpha value is -2.42. The number of benzene rings is 2. The molecule has 2 aromatic rings. The fourth-order valence-electron chi connectivity index (χ4n) is 3.47. The number of carbonyl (C=O) groups excluding carboxylic acids is 1. The molecule has 0 radical (unpaired) electrons. The molecule has 1 aliphatic rings. The highest BCUT2D eigenvalue weighted by molar-refractivity contribution is 7.89. The number of sulfonamides is 1. The first-order valence-electron chi connectivity index (χ1n) is 9.77. The summed E-state index contributed by atoms with van der Waals surface area (Å²) in [6.07, 6.45) is 0.472. The Balaban J connectivity index is 1.42. The molecule has 1 heterocycles. The molecular formula is C21H28N4O3S. The molecule has 29 heavy (non-hydrogen) atoms. The number of carbonyl (C=O) groups is 1. The number of anilines is 1. The summed E-state index contributed by atoms with van der Waals surface area (Å²) in [4.78, 5) is 16.9. The molecule has 1 unspecified atom stereocenters. The van der Waals surface area contributed by atoms with E-state index in [4.69, 9.17) is 5.14 Å². The molecule has 1 atom stereocenters. The number of primary sulfonamides is 1. The molecule has 0 aromatic heterocycles. The minimum Gasteiger partial charge on any atom is -0.369 e. The van der Waals surface area contributed by atoms with Crippen LogP contribution in [0.2, 0.25) is 0 Å². The lowest BCUT2D eigenvalue weighted by molar-refractivity contribution is -0.122. The van der Waals surface area contributed by atoms with E-state index in [9.17, 15) is 13.2 Å². The van der Waals surface area contributed by atoms with Crippen LogP contribution in [-0.2, 0) is 14.8 Å². The van der Waals surface area contributed by atoms with Gasteiger partial charge in [0.25, 0.3) is 0 Å². The first-order valence-corrected chi connectivity index (χ1v) is 11.3. The number of rotatable bonds is 7. The van der Waals surface area contributed by atoms with Gasteiger partial charge in [-0.2, -0.15) is 0 Å². The van der Waals surface area contributed by atoms with Gasteiger partial charge < -0.3 is 10.2 Å². The summed E-state index contributed by atoms with van der Waals surface area (Å²) in [5, 5.41) is 8.20. The van der Waals surface area contributed by atoms with E-state index < -0.39 is 10.0 Å². The first kappa shape index (κ1) is 21.3. The van der Waals surface area contributed by atoms with Gasteiger partial charge in [0.2, 0.25) is 15.9 Å². The molecule has 2 aromatic carbocycles. The molecule has 0 bridgehead atoms. The van der Waals surface area contributed by atoms with Gasteiger partial charge in [0, 0.05) is 44.8 Å². The SMILES string of the molecule is CC(NC(=O)CCN1CCN(c2ccc(S(N)(=O)=O)cc2)CC1)c1ccccc1. The number of amides is 1. The van der Waals surface area contributed by atoms with Gasteiger partial charge in [-0.15, -0.1) is 0 Å². The van der Waals surface area contributed by atoms with Gasteiger partial charge >= 0.3 is 0 Å². The van der Waals surface area contributed by atoms with Crippen molar-refractivity contribution in [2.24, 2.45) is 5.14 Å². The van der Waals surface area contributed by atoms with Crippen molar-refractivity contribution in [3.63, 3.8) is 0 Å². The Labute approximate surface area is 172 Å². The van der Waals surface area contributed by atoms with Gasteiger partial charge in [-0.1, -0.05) is 30.3 Å². The van der Waals surface area contributed by atoms with E-state index in [0.717, 1.165) is 44.0 Å². The molecule has 8 heteroatoms. The van der Waals surface area contributed by atoms with Crippen molar-refractivity contribution in [2.45, 2.75) is 24.3 Å². The molecule has 0 saturated carbocycles. The van der Waals surface area contributed by atoms with E-state index in [1.165, 1.54) is 12.1 Å². The minimum atomic E-state index is -3.67. The van der Waals surface area contributed by atoms with Crippen molar-refractivity contribution in [3.8, 4) is 0 Å². The lowest BCUT2D eigenvalue weighted by Crippen LogP contribution is -2.47. The molecule has 156 valence electrons. The Kier molecular flexibility index (Phi) is 6.89. The standard InChI is InChI=1S/C21H28N4O3S/c1-17(18-5-3-2-4-6-18)23-21(26)11-12-24-13-15-25(16-14-24)19-7-9-20(10-8-19)29(22,27)28/h2-10,17H,11-16H2,1H3,(H,23,26)(H2,22,27,28). The molecule has 3 rings (SSSR count). The summed E-state index contributed by atoms with van der Waals surface area (Å²) in [5.41, 5.74) is 2.08. The maximum atomic E-state index is 12.3. The summed E-state index contributed by atoms with van der Waals surface area (Å²) in [6.45, 7) is 6.10. The highest BCUT2D eigenvalue weighted by Gasteiger charge is 2.19. The maximum absolute atomic E-state index is 12.3. The molecule has 1 amide bonds. The van der Waals surface area contributed by atoms with Crippen LogP contribution in [0.4, 0.5) is 5.69 Å². The summed E-state index contributed by atoms with van der Waals surface area (Å²) in [5.74, 6) is 0.0577. The zero-order chi connectivity index (χ0) is 20.9. The first-order chi connectivity index (χ1) is 13.8. The molecule has 0 aliphatic carbocycles. The third-order valence-electron chi connectivity index (χ3n) is 5.23. The van der Waals surface area contributed by atoms with Crippen LogP contribution in [0.15, 0.2) is 59.5 Å². The molecule has 1 fully saturated rings. The highest BCUT2D eigenvalue weighted by atomic mass is 32.2. The average Bonchev–Trinajstić information content (AvgIpc) is 2.73. The lowest BCUT2D eigenvalue weighted by Gasteiger charge is -2.36. The third-order valence-corrected chi connectivity index (χ3v) is 6.16. The number of nitrogens with two attached hydrogens (primary N) is 1. The second-order valence-corrected chi connectivity index (χ2v) is 8.88. The van der Waals surface area contributed by atoms with Crippen molar-refractivity contribution < 1.29 is 13.2 Å². The van der Waals surface area contributed by atoms with E-state index in [1.54, 1.807) is 12.1 Å². The van der Waals surface area contributed by atoms with Crippen molar-refractivity contribution in [2.75, 3.05) is 37.6 Å². The van der Waals surface area contributed by atoms with Gasteiger partial charge in [0.15, 0.2) is 0 Å². The largest absolute Gasteiger partial charge is 0.369 e. The molecule has 1 aliphatic heterocycles. The predicted molar refractivity (Wildman–Crippen MR) is 114 cm³/mol. The van der Waals surface area contributed by atoms with Crippen LogP contribution in [0.5, 0.6) is 0 Å². The monoisotopic (exact) mass is 416 g/mol. The number of piperazine rings is 1. The van der Waals surface area contributed by atoms with Crippen LogP contribution < -0.4 is 15.4 Å². The van der Waals surface area contributed by atoms with Gasteiger partial charge in [0.05, 0.1) is 10.9 Å². The lowest BCUT2D eigenvalue weighted by atomic mass is 10.1. The molecule has 7 nitrogen and oxygen atoms in total. The number of hydrogen-bond acceptors (Lipinski definition) is 5. The Bertz CT molecular complexity index is 909. The Morgan fingerprint density at radius 3 is 2.24 bits per heavy atom. The summed E-state index contributed by atoms with van der Waals surface area (Å²) in [7, 11) is -3.67. The zero-order valence-electron chi connectivity index (χ0n) is 16.6. The average molecular weight is 417 g/mol. The topological polar surface area (TPSA) is 95.7 Å². The van der Waals surface area contributed by atoms with Gasteiger partial charge in [0.1, 0.15) is 0 Å². The fourth-order valence-corrected chi connectivity index (χ4v) is 3.99. The summed E-state index contributed by atoms with van der Waals surface area (Å²) >= 11 is 0. The van der Waals surface area contributed by atoms with Crippen molar-refractivity contribution in [1.82, 2.24) is 10.2 Å². The fraction of sp³-hybridized carbons (Fsp3) is 0.381.